The fraction of sp³-hybridized carbons (Fsp3) is 0.143. The van der Waals surface area contributed by atoms with Crippen molar-refractivity contribution in [3.8, 4) is 11.1 Å². The molecule has 0 atom stereocenters. The van der Waals surface area contributed by atoms with Gasteiger partial charge in [-0.05, 0) is 53.8 Å². The summed E-state index contributed by atoms with van der Waals surface area (Å²) < 4.78 is 5.69. The first-order valence-corrected chi connectivity index (χ1v) is 7.65. The average molecular weight is 288 g/mol. The molecule has 1 heteroatoms. The molecule has 1 aliphatic rings. The van der Waals surface area contributed by atoms with Gasteiger partial charge in [0.15, 0.2) is 0 Å². The van der Waals surface area contributed by atoms with Crippen LogP contribution in [0.4, 0.5) is 0 Å². The van der Waals surface area contributed by atoms with E-state index < -0.39 is 0 Å². The van der Waals surface area contributed by atoms with E-state index in [-0.39, 0.29) is 0 Å². The average Bonchev–Trinajstić information content (AvgIpc) is 3.09. The Hall–Kier alpha value is -2.54. The summed E-state index contributed by atoms with van der Waals surface area (Å²) >= 11 is 0. The molecule has 0 amide bonds. The Morgan fingerprint density at radius 3 is 2.41 bits per heavy atom. The third-order valence-electron chi connectivity index (χ3n) is 3.82. The predicted octanol–water partition coefficient (Wildman–Crippen LogP) is 5.62. The van der Waals surface area contributed by atoms with Gasteiger partial charge in [-0.25, -0.2) is 0 Å². The summed E-state index contributed by atoms with van der Waals surface area (Å²) in [5, 5.41) is 0. The molecule has 0 N–H and O–H groups in total. The number of ether oxygens (including phenoxy) is 1. The van der Waals surface area contributed by atoms with Crippen molar-refractivity contribution in [2.24, 2.45) is 0 Å². The lowest BCUT2D eigenvalue weighted by Crippen LogP contribution is -1.90. The van der Waals surface area contributed by atoms with Gasteiger partial charge in [0.05, 0.1) is 0 Å². The Morgan fingerprint density at radius 2 is 1.73 bits per heavy atom. The Bertz CT molecular complexity index is 703. The SMILES string of the molecule is C/C(=C\COC1=CCC=C1)c1ccc(-c2ccccc2)cc1. The highest BCUT2D eigenvalue weighted by atomic mass is 16.5. The second-order valence-corrected chi connectivity index (χ2v) is 5.39. The quantitative estimate of drug-likeness (QED) is 0.694. The molecule has 0 aromatic heterocycles. The van der Waals surface area contributed by atoms with Crippen LogP contribution in [-0.2, 0) is 4.74 Å². The van der Waals surface area contributed by atoms with Crippen LogP contribution in [0.15, 0.2) is 84.7 Å². The van der Waals surface area contributed by atoms with Gasteiger partial charge in [0.2, 0.25) is 0 Å². The van der Waals surface area contributed by atoms with E-state index in [4.69, 9.17) is 4.74 Å². The fourth-order valence-corrected chi connectivity index (χ4v) is 2.48. The van der Waals surface area contributed by atoms with Gasteiger partial charge in [-0.15, -0.1) is 0 Å². The molecular weight excluding hydrogens is 268 g/mol. The molecule has 0 aliphatic heterocycles. The van der Waals surface area contributed by atoms with Crippen molar-refractivity contribution in [3.63, 3.8) is 0 Å². The van der Waals surface area contributed by atoms with Crippen LogP contribution in [0.3, 0.4) is 0 Å². The largest absolute Gasteiger partial charge is 0.490 e. The third-order valence-corrected chi connectivity index (χ3v) is 3.82. The van der Waals surface area contributed by atoms with E-state index in [1.54, 1.807) is 0 Å². The van der Waals surface area contributed by atoms with Crippen molar-refractivity contribution < 1.29 is 4.74 Å². The van der Waals surface area contributed by atoms with Crippen LogP contribution < -0.4 is 0 Å². The van der Waals surface area contributed by atoms with Gasteiger partial charge in [0, 0.05) is 0 Å². The monoisotopic (exact) mass is 288 g/mol. The molecular formula is C21H20O. The first kappa shape index (κ1) is 14.4. The van der Waals surface area contributed by atoms with Crippen molar-refractivity contribution in [3.05, 3.63) is 90.2 Å². The zero-order valence-corrected chi connectivity index (χ0v) is 12.8. The van der Waals surface area contributed by atoms with E-state index in [1.165, 1.54) is 22.3 Å². The maximum absolute atomic E-state index is 5.69. The number of rotatable bonds is 5. The summed E-state index contributed by atoms with van der Waals surface area (Å²) in [6.45, 7) is 2.74. The molecule has 0 saturated carbocycles. The van der Waals surface area contributed by atoms with E-state index in [2.05, 4.69) is 73.7 Å². The maximum atomic E-state index is 5.69. The normalized spacial score (nSPS) is 14.0. The summed E-state index contributed by atoms with van der Waals surface area (Å²) in [4.78, 5) is 0. The fourth-order valence-electron chi connectivity index (χ4n) is 2.48. The molecule has 0 unspecified atom stereocenters. The highest BCUT2D eigenvalue weighted by Crippen LogP contribution is 2.22. The van der Waals surface area contributed by atoms with Crippen LogP contribution in [0.5, 0.6) is 0 Å². The zero-order chi connectivity index (χ0) is 15.2. The first-order valence-electron chi connectivity index (χ1n) is 7.65. The van der Waals surface area contributed by atoms with E-state index >= 15 is 0 Å². The molecule has 1 nitrogen and oxygen atoms in total. The van der Waals surface area contributed by atoms with Gasteiger partial charge in [-0.1, -0.05) is 60.7 Å². The highest BCUT2D eigenvalue weighted by molar-refractivity contribution is 5.69. The highest BCUT2D eigenvalue weighted by Gasteiger charge is 2.00. The minimum atomic E-state index is 0.614. The van der Waals surface area contributed by atoms with E-state index in [9.17, 15) is 0 Å². The van der Waals surface area contributed by atoms with Gasteiger partial charge in [0.1, 0.15) is 12.4 Å². The summed E-state index contributed by atoms with van der Waals surface area (Å²) in [7, 11) is 0. The van der Waals surface area contributed by atoms with Crippen LogP contribution in [0.2, 0.25) is 0 Å². The summed E-state index contributed by atoms with van der Waals surface area (Å²) in [6.07, 6.45) is 9.34. The Kier molecular flexibility index (Phi) is 4.55. The minimum absolute atomic E-state index is 0.614. The molecule has 0 radical (unpaired) electrons. The Morgan fingerprint density at radius 1 is 1.00 bits per heavy atom. The van der Waals surface area contributed by atoms with Gasteiger partial charge < -0.3 is 4.74 Å². The standard InChI is InChI=1S/C21H20O/c1-17(15-16-22-21-9-5-6-10-21)18-11-13-20(14-12-18)19-7-3-2-4-8-19/h2-5,7-15H,6,16H2,1H3/b17-15+. The topological polar surface area (TPSA) is 9.23 Å². The molecule has 0 spiro atoms. The molecule has 110 valence electrons. The minimum Gasteiger partial charge on any atom is -0.490 e. The van der Waals surface area contributed by atoms with Crippen molar-refractivity contribution >= 4 is 5.57 Å². The number of benzene rings is 2. The third kappa shape index (κ3) is 3.56. The second-order valence-electron chi connectivity index (χ2n) is 5.39. The molecule has 0 bridgehead atoms. The van der Waals surface area contributed by atoms with Crippen molar-refractivity contribution in [1.29, 1.82) is 0 Å². The molecule has 0 heterocycles. The van der Waals surface area contributed by atoms with Gasteiger partial charge in [0.25, 0.3) is 0 Å². The van der Waals surface area contributed by atoms with Crippen LogP contribution in [0.25, 0.3) is 16.7 Å². The molecule has 2 aromatic carbocycles. The van der Waals surface area contributed by atoms with Gasteiger partial charge >= 0.3 is 0 Å². The lowest BCUT2D eigenvalue weighted by atomic mass is 10.0. The van der Waals surface area contributed by atoms with Crippen LogP contribution in [0, 0.1) is 0 Å². The van der Waals surface area contributed by atoms with Crippen LogP contribution in [0.1, 0.15) is 18.9 Å². The Balaban J connectivity index is 1.65. The zero-order valence-electron chi connectivity index (χ0n) is 12.8. The predicted molar refractivity (Wildman–Crippen MR) is 93.3 cm³/mol. The van der Waals surface area contributed by atoms with Gasteiger partial charge in [-0.2, -0.15) is 0 Å². The summed E-state index contributed by atoms with van der Waals surface area (Å²) in [5.74, 6) is 0.975. The smallest absolute Gasteiger partial charge is 0.115 e. The van der Waals surface area contributed by atoms with Gasteiger partial charge in [-0.3, -0.25) is 0 Å². The number of hydrogen-bond acceptors (Lipinski definition) is 1. The number of hydrogen-bond donors (Lipinski definition) is 0. The van der Waals surface area contributed by atoms with Crippen molar-refractivity contribution in [1.82, 2.24) is 0 Å². The van der Waals surface area contributed by atoms with Crippen LogP contribution in [-0.4, -0.2) is 6.61 Å². The summed E-state index contributed by atoms with van der Waals surface area (Å²) in [5.41, 5.74) is 4.97. The van der Waals surface area contributed by atoms with E-state index in [1.807, 2.05) is 12.1 Å². The van der Waals surface area contributed by atoms with E-state index in [0.717, 1.165) is 12.2 Å². The molecule has 2 aromatic rings. The van der Waals surface area contributed by atoms with Crippen LogP contribution >= 0.6 is 0 Å². The molecule has 3 rings (SSSR count). The Labute approximate surface area is 132 Å². The summed E-state index contributed by atoms with van der Waals surface area (Å²) in [6, 6.07) is 19.1. The lowest BCUT2D eigenvalue weighted by molar-refractivity contribution is 0.262. The first-order chi connectivity index (χ1) is 10.8. The van der Waals surface area contributed by atoms with E-state index in [0.29, 0.717) is 6.61 Å². The lowest BCUT2D eigenvalue weighted by Gasteiger charge is -2.06. The molecule has 1 aliphatic carbocycles. The number of allylic oxidation sites excluding steroid dienone is 4. The molecule has 22 heavy (non-hydrogen) atoms. The van der Waals surface area contributed by atoms with Crippen molar-refractivity contribution in [2.75, 3.05) is 6.61 Å². The maximum Gasteiger partial charge on any atom is 0.115 e. The molecule has 0 saturated heterocycles. The second kappa shape index (κ2) is 6.95. The van der Waals surface area contributed by atoms with Crippen molar-refractivity contribution in [2.45, 2.75) is 13.3 Å². The molecule has 0 fully saturated rings.